The van der Waals surface area contributed by atoms with Crippen LogP contribution in [-0.4, -0.2) is 67.8 Å². The van der Waals surface area contributed by atoms with Gasteiger partial charge in [0.25, 0.3) is 0 Å². The molecule has 4 rings (SSSR count). The van der Waals surface area contributed by atoms with E-state index >= 15 is 0 Å². The maximum Gasteiger partial charge on any atom is 0.312 e. The van der Waals surface area contributed by atoms with Gasteiger partial charge in [-0.2, -0.15) is 0 Å². The maximum atomic E-state index is 12.4. The van der Waals surface area contributed by atoms with Crippen LogP contribution in [0.4, 0.5) is 5.69 Å². The van der Waals surface area contributed by atoms with Crippen LogP contribution in [0, 0.1) is 5.41 Å². The van der Waals surface area contributed by atoms with Crippen molar-refractivity contribution in [3.8, 4) is 0 Å². The Morgan fingerprint density at radius 1 is 1.19 bits per heavy atom. The van der Waals surface area contributed by atoms with Crippen molar-refractivity contribution in [3.05, 3.63) is 24.5 Å². The number of carbonyl (C=O) groups excluding carboxylic acids is 1. The number of rotatable bonds is 3. The lowest BCUT2D eigenvalue weighted by molar-refractivity contribution is -0.150. The number of hydrogen-bond acceptors (Lipinski definition) is 6. The summed E-state index contributed by atoms with van der Waals surface area (Å²) < 4.78 is 5.74. The van der Waals surface area contributed by atoms with E-state index in [9.17, 15) is 4.79 Å². The molecule has 4 heterocycles. The van der Waals surface area contributed by atoms with Crippen molar-refractivity contribution in [3.63, 3.8) is 0 Å². The van der Waals surface area contributed by atoms with E-state index in [4.69, 9.17) is 4.74 Å². The molecule has 3 aliphatic heterocycles. The molecular formula is C18H28Cl2N4O2. The smallest absolute Gasteiger partial charge is 0.312 e. The van der Waals surface area contributed by atoms with Crippen molar-refractivity contribution in [2.45, 2.75) is 25.4 Å². The van der Waals surface area contributed by atoms with E-state index in [2.05, 4.69) is 26.2 Å². The number of nitrogens with zero attached hydrogens (tertiary/aromatic N) is 3. The van der Waals surface area contributed by atoms with E-state index in [0.29, 0.717) is 0 Å². The number of esters is 1. The van der Waals surface area contributed by atoms with Crippen molar-refractivity contribution >= 4 is 36.5 Å². The summed E-state index contributed by atoms with van der Waals surface area (Å²) >= 11 is 0. The summed E-state index contributed by atoms with van der Waals surface area (Å²) in [6, 6.07) is 4.10. The van der Waals surface area contributed by atoms with Crippen molar-refractivity contribution in [1.82, 2.24) is 15.2 Å². The Bertz CT molecular complexity index is 576. The zero-order chi connectivity index (χ0) is 16.4. The van der Waals surface area contributed by atoms with Gasteiger partial charge in [0.2, 0.25) is 0 Å². The second-order valence-electron chi connectivity index (χ2n) is 7.26. The van der Waals surface area contributed by atoms with Crippen LogP contribution in [0.25, 0.3) is 0 Å². The van der Waals surface area contributed by atoms with E-state index in [1.54, 1.807) is 0 Å². The fraction of sp³-hybridized carbons (Fsp3) is 0.667. The summed E-state index contributed by atoms with van der Waals surface area (Å²) in [7, 11) is 0. The Hall–Kier alpha value is -1.08. The number of halogens is 2. The summed E-state index contributed by atoms with van der Waals surface area (Å²) in [5, 5.41) is 3.34. The summed E-state index contributed by atoms with van der Waals surface area (Å²) in [4.78, 5) is 21.4. The van der Waals surface area contributed by atoms with E-state index < -0.39 is 0 Å². The zero-order valence-electron chi connectivity index (χ0n) is 14.9. The average molecular weight is 403 g/mol. The Balaban J connectivity index is 0.00000121. The molecule has 0 aliphatic carbocycles. The van der Waals surface area contributed by atoms with Gasteiger partial charge in [0.15, 0.2) is 0 Å². The van der Waals surface area contributed by atoms with Crippen LogP contribution in [0.1, 0.15) is 19.3 Å². The van der Waals surface area contributed by atoms with Gasteiger partial charge in [0.05, 0.1) is 17.3 Å². The van der Waals surface area contributed by atoms with Gasteiger partial charge in [-0.3, -0.25) is 14.7 Å². The van der Waals surface area contributed by atoms with Gasteiger partial charge >= 0.3 is 5.97 Å². The predicted octanol–water partition coefficient (Wildman–Crippen LogP) is 1.73. The molecule has 0 radical (unpaired) electrons. The molecule has 0 saturated carbocycles. The lowest BCUT2D eigenvalue weighted by atomic mass is 9.76. The third-order valence-corrected chi connectivity index (χ3v) is 5.73. The summed E-state index contributed by atoms with van der Waals surface area (Å²) in [5.74, 6) is 0.0444. The number of aromatic nitrogens is 1. The second-order valence-corrected chi connectivity index (χ2v) is 7.26. The molecule has 1 atom stereocenters. The number of carbonyl (C=O) groups is 1. The minimum atomic E-state index is -0.201. The van der Waals surface area contributed by atoms with Gasteiger partial charge in [-0.1, -0.05) is 0 Å². The van der Waals surface area contributed by atoms with Gasteiger partial charge in [0, 0.05) is 45.3 Å². The van der Waals surface area contributed by atoms with E-state index in [-0.39, 0.29) is 42.3 Å². The Kier molecular flexibility index (Phi) is 7.52. The fourth-order valence-electron chi connectivity index (χ4n) is 4.27. The first-order valence-corrected chi connectivity index (χ1v) is 9.04. The van der Waals surface area contributed by atoms with Crippen molar-refractivity contribution < 1.29 is 9.53 Å². The van der Waals surface area contributed by atoms with Crippen LogP contribution in [0.3, 0.4) is 0 Å². The predicted molar refractivity (Wildman–Crippen MR) is 106 cm³/mol. The number of piperidine rings is 1. The van der Waals surface area contributed by atoms with E-state index in [0.717, 1.165) is 65.1 Å². The second kappa shape index (κ2) is 9.22. The highest BCUT2D eigenvalue weighted by Crippen LogP contribution is 2.41. The third-order valence-electron chi connectivity index (χ3n) is 5.73. The average Bonchev–Trinajstić information content (AvgIpc) is 2.92. The molecule has 1 spiro atoms. The molecule has 0 aromatic carbocycles. The van der Waals surface area contributed by atoms with Crippen molar-refractivity contribution in [1.29, 1.82) is 0 Å². The fourth-order valence-corrected chi connectivity index (χ4v) is 4.27. The first-order valence-electron chi connectivity index (χ1n) is 9.04. The minimum Gasteiger partial charge on any atom is -0.461 e. The third kappa shape index (κ3) is 4.42. The molecule has 1 N–H and O–H groups in total. The molecule has 3 saturated heterocycles. The molecular weight excluding hydrogens is 375 g/mol. The van der Waals surface area contributed by atoms with Crippen molar-refractivity contribution in [2.75, 3.05) is 50.7 Å². The lowest BCUT2D eigenvalue weighted by Gasteiger charge is -2.36. The van der Waals surface area contributed by atoms with Gasteiger partial charge in [-0.15, -0.1) is 24.8 Å². The van der Waals surface area contributed by atoms with Crippen LogP contribution in [-0.2, 0) is 9.53 Å². The highest BCUT2D eigenvalue weighted by Gasteiger charge is 2.49. The van der Waals surface area contributed by atoms with Crippen LogP contribution in [0.15, 0.2) is 24.5 Å². The molecule has 8 heteroatoms. The first-order chi connectivity index (χ1) is 11.8. The van der Waals surface area contributed by atoms with Crippen LogP contribution >= 0.6 is 24.8 Å². The topological polar surface area (TPSA) is 57.7 Å². The molecule has 3 aliphatic rings. The normalized spacial score (nSPS) is 25.3. The van der Waals surface area contributed by atoms with E-state index in [1.165, 1.54) is 5.69 Å². The maximum absolute atomic E-state index is 12.4. The quantitative estimate of drug-likeness (QED) is 0.776. The molecule has 0 amide bonds. The number of ether oxygens (including phenoxy) is 1. The highest BCUT2D eigenvalue weighted by molar-refractivity contribution is 5.85. The molecule has 146 valence electrons. The lowest BCUT2D eigenvalue weighted by Crippen LogP contribution is -2.48. The number of cyclic esters (lactones) is 1. The van der Waals surface area contributed by atoms with E-state index in [1.807, 2.05) is 18.5 Å². The number of nitrogens with one attached hydrogen (secondary N) is 1. The summed E-state index contributed by atoms with van der Waals surface area (Å²) in [6.07, 6.45) is 6.56. The molecule has 26 heavy (non-hydrogen) atoms. The monoisotopic (exact) mass is 402 g/mol. The molecule has 1 aromatic rings. The van der Waals surface area contributed by atoms with Crippen molar-refractivity contribution in [2.24, 2.45) is 5.41 Å². The number of anilines is 1. The molecule has 0 bridgehead atoms. The Morgan fingerprint density at radius 3 is 2.58 bits per heavy atom. The van der Waals surface area contributed by atoms with Gasteiger partial charge in [0.1, 0.15) is 6.10 Å². The molecule has 1 unspecified atom stereocenters. The van der Waals surface area contributed by atoms with Crippen LogP contribution < -0.4 is 10.2 Å². The van der Waals surface area contributed by atoms with Gasteiger partial charge in [-0.05, 0) is 38.1 Å². The molecule has 6 nitrogen and oxygen atoms in total. The van der Waals surface area contributed by atoms with Crippen LogP contribution in [0.2, 0.25) is 0 Å². The standard InChI is InChI=1S/C18H26N4O2.2ClH/c23-17-18(3-6-19-7-4-18)12-16(24-17)14-21-8-10-22(11-9-21)15-2-1-5-20-13-15;;/h1-2,5,13,16,19H,3-4,6-12,14H2;2*1H. The Morgan fingerprint density at radius 2 is 1.92 bits per heavy atom. The molecule has 3 fully saturated rings. The van der Waals surface area contributed by atoms with Gasteiger partial charge < -0.3 is 15.0 Å². The van der Waals surface area contributed by atoms with Gasteiger partial charge in [-0.25, -0.2) is 0 Å². The first kappa shape index (κ1) is 21.2. The minimum absolute atomic E-state index is 0. The number of pyridine rings is 1. The number of hydrogen-bond donors (Lipinski definition) is 1. The summed E-state index contributed by atoms with van der Waals surface area (Å²) in [5.41, 5.74) is 0.992. The SMILES string of the molecule is Cl.Cl.O=C1OC(CN2CCN(c3cccnc3)CC2)CC12CCNCC2. The largest absolute Gasteiger partial charge is 0.461 e. The zero-order valence-corrected chi connectivity index (χ0v) is 16.6. The number of piperazine rings is 1. The Labute approximate surface area is 167 Å². The molecule has 1 aromatic heterocycles. The highest BCUT2D eigenvalue weighted by atomic mass is 35.5. The van der Waals surface area contributed by atoms with Crippen LogP contribution in [0.5, 0.6) is 0 Å². The summed E-state index contributed by atoms with van der Waals surface area (Å²) in [6.45, 7) is 6.77.